The lowest BCUT2D eigenvalue weighted by Crippen LogP contribution is -2.48. The maximum atomic E-state index is 13.7. The number of aromatic amines is 2. The first-order valence-corrected chi connectivity index (χ1v) is 13.2. The number of rotatable bonds is 5. The van der Waals surface area contributed by atoms with Gasteiger partial charge in [0.15, 0.2) is 0 Å². The lowest BCUT2D eigenvalue weighted by molar-refractivity contribution is 0.0624. The third kappa shape index (κ3) is 4.81. The quantitative estimate of drug-likeness (QED) is 0.394. The van der Waals surface area contributed by atoms with Crippen LogP contribution in [0.5, 0.6) is 5.88 Å². The molecule has 12 heteroatoms. The first-order valence-electron chi connectivity index (χ1n) is 13.2. The Morgan fingerprint density at radius 2 is 1.85 bits per heavy atom. The number of methoxy groups -OCH3 is 1. The number of aromatic nitrogens is 5. The van der Waals surface area contributed by atoms with Crippen LogP contribution in [0, 0.1) is 6.92 Å². The van der Waals surface area contributed by atoms with Crippen molar-refractivity contribution >= 4 is 27.7 Å². The molecule has 2 fully saturated rings. The molecule has 0 atom stereocenters. The highest BCUT2D eigenvalue weighted by atomic mass is 16.5. The number of carbonyl (C=O) groups is 1. The van der Waals surface area contributed by atoms with Crippen LogP contribution in [0.25, 0.3) is 21.8 Å². The molecule has 0 radical (unpaired) electrons. The summed E-state index contributed by atoms with van der Waals surface area (Å²) in [6.07, 6.45) is 3.27. The molecule has 3 aromatic heterocycles. The van der Waals surface area contributed by atoms with Crippen LogP contribution in [0.15, 0.2) is 34.0 Å². The second-order valence-electron chi connectivity index (χ2n) is 10.2. The van der Waals surface area contributed by atoms with E-state index < -0.39 is 0 Å². The van der Waals surface area contributed by atoms with Crippen LogP contribution in [-0.4, -0.2) is 86.9 Å². The first kappa shape index (κ1) is 25.3. The predicted octanol–water partition coefficient (Wildman–Crippen LogP) is 1.59. The van der Waals surface area contributed by atoms with Crippen molar-refractivity contribution in [2.45, 2.75) is 32.4 Å². The fourth-order valence-electron chi connectivity index (χ4n) is 5.59. The van der Waals surface area contributed by atoms with Crippen LogP contribution in [0.3, 0.4) is 0 Å². The van der Waals surface area contributed by atoms with Crippen molar-refractivity contribution < 1.29 is 14.3 Å². The van der Waals surface area contributed by atoms with Gasteiger partial charge in [0.2, 0.25) is 5.88 Å². The SMILES string of the molecule is COc1cc(=O)[nH]c(CN2CCN(C(=O)c3cc4c(cc3C)[nH]c(=O)c3cnn(C5CCOCC5)c34)CC2)n1. The zero-order chi connectivity index (χ0) is 27.1. The molecule has 0 aliphatic carbocycles. The van der Waals surface area contributed by atoms with Crippen molar-refractivity contribution in [3.63, 3.8) is 0 Å². The van der Waals surface area contributed by atoms with Gasteiger partial charge in [-0.05, 0) is 37.5 Å². The molecule has 5 heterocycles. The molecule has 0 saturated carbocycles. The number of hydrogen-bond acceptors (Lipinski definition) is 8. The van der Waals surface area contributed by atoms with Gasteiger partial charge in [0.1, 0.15) is 5.82 Å². The maximum Gasteiger partial charge on any atom is 0.259 e. The summed E-state index contributed by atoms with van der Waals surface area (Å²) in [5.74, 6) is 0.769. The number of nitrogens with one attached hydrogen (secondary N) is 2. The van der Waals surface area contributed by atoms with Crippen molar-refractivity contribution in [1.82, 2.24) is 34.5 Å². The second-order valence-corrected chi connectivity index (χ2v) is 10.2. The van der Waals surface area contributed by atoms with Gasteiger partial charge in [0.25, 0.3) is 17.0 Å². The van der Waals surface area contributed by atoms with E-state index in [0.717, 1.165) is 29.3 Å². The Bertz CT molecular complexity index is 1660. The Labute approximate surface area is 223 Å². The number of ether oxygens (including phenoxy) is 2. The number of hydrogen-bond donors (Lipinski definition) is 2. The minimum atomic E-state index is -0.258. The molecule has 1 amide bonds. The van der Waals surface area contributed by atoms with E-state index in [0.29, 0.717) is 68.2 Å². The van der Waals surface area contributed by atoms with Crippen molar-refractivity contribution in [1.29, 1.82) is 0 Å². The van der Waals surface area contributed by atoms with E-state index in [4.69, 9.17) is 9.47 Å². The van der Waals surface area contributed by atoms with Crippen molar-refractivity contribution in [2.75, 3.05) is 46.5 Å². The third-order valence-electron chi connectivity index (χ3n) is 7.68. The highest BCUT2D eigenvalue weighted by Gasteiger charge is 2.26. The molecule has 6 rings (SSSR count). The predicted molar refractivity (Wildman–Crippen MR) is 144 cm³/mol. The molecule has 12 nitrogen and oxygen atoms in total. The minimum absolute atomic E-state index is 0.0431. The minimum Gasteiger partial charge on any atom is -0.481 e. The summed E-state index contributed by atoms with van der Waals surface area (Å²) >= 11 is 0. The smallest absolute Gasteiger partial charge is 0.259 e. The van der Waals surface area contributed by atoms with Gasteiger partial charge in [-0.2, -0.15) is 10.1 Å². The molecule has 0 bridgehead atoms. The molecule has 2 aliphatic rings. The summed E-state index contributed by atoms with van der Waals surface area (Å²) in [7, 11) is 1.48. The Kier molecular flexibility index (Phi) is 6.65. The lowest BCUT2D eigenvalue weighted by Gasteiger charge is -2.34. The van der Waals surface area contributed by atoms with E-state index in [1.54, 1.807) is 6.20 Å². The van der Waals surface area contributed by atoms with Crippen LogP contribution in [0.4, 0.5) is 0 Å². The number of fused-ring (bicyclic) bond motifs is 3. The molecule has 4 aromatic rings. The first-order chi connectivity index (χ1) is 18.9. The molecule has 204 valence electrons. The van der Waals surface area contributed by atoms with Crippen molar-refractivity contribution in [3.05, 3.63) is 62.1 Å². The molecule has 2 aliphatic heterocycles. The van der Waals surface area contributed by atoms with Gasteiger partial charge < -0.3 is 24.3 Å². The number of amides is 1. The van der Waals surface area contributed by atoms with Crippen LogP contribution >= 0.6 is 0 Å². The number of piperazine rings is 1. The summed E-state index contributed by atoms with van der Waals surface area (Å²) in [5, 5.41) is 5.92. The fourth-order valence-corrected chi connectivity index (χ4v) is 5.59. The van der Waals surface area contributed by atoms with E-state index in [2.05, 4.69) is 25.0 Å². The number of pyridine rings is 1. The molecule has 1 aromatic carbocycles. The van der Waals surface area contributed by atoms with E-state index in [1.165, 1.54) is 13.2 Å². The summed E-state index contributed by atoms with van der Waals surface area (Å²) in [6, 6.07) is 5.24. The molecule has 2 saturated heterocycles. The second kappa shape index (κ2) is 10.3. The van der Waals surface area contributed by atoms with Crippen molar-refractivity contribution in [3.8, 4) is 5.88 Å². The highest BCUT2D eigenvalue weighted by molar-refractivity contribution is 6.07. The van der Waals surface area contributed by atoms with Crippen LogP contribution in [0.1, 0.15) is 40.6 Å². The number of benzene rings is 1. The summed E-state index contributed by atoms with van der Waals surface area (Å²) in [6.45, 7) is 6.06. The van der Waals surface area contributed by atoms with E-state index in [9.17, 15) is 14.4 Å². The molecular weight excluding hydrogens is 502 g/mol. The zero-order valence-corrected chi connectivity index (χ0v) is 22.0. The molecule has 0 spiro atoms. The Morgan fingerprint density at radius 1 is 1.08 bits per heavy atom. The van der Waals surface area contributed by atoms with Gasteiger partial charge in [0.05, 0.1) is 48.4 Å². The molecule has 2 N–H and O–H groups in total. The monoisotopic (exact) mass is 533 g/mol. The van der Waals surface area contributed by atoms with Gasteiger partial charge in [-0.25, -0.2) is 0 Å². The number of carbonyl (C=O) groups excluding carboxylic acids is 1. The van der Waals surface area contributed by atoms with Gasteiger partial charge in [0, 0.05) is 50.3 Å². The van der Waals surface area contributed by atoms with Crippen LogP contribution < -0.4 is 15.9 Å². The van der Waals surface area contributed by atoms with E-state index >= 15 is 0 Å². The van der Waals surface area contributed by atoms with Gasteiger partial charge in [-0.1, -0.05) is 0 Å². The normalized spacial score (nSPS) is 17.2. The van der Waals surface area contributed by atoms with E-state index in [1.807, 2.05) is 28.6 Å². The Morgan fingerprint density at radius 3 is 2.59 bits per heavy atom. The Hall–Kier alpha value is -4.03. The van der Waals surface area contributed by atoms with E-state index in [-0.39, 0.29) is 28.9 Å². The standard InChI is InChI=1S/C27H31N7O5/c1-16-11-21-19(25-20(26(36)29-21)14-28-34(25)17-3-9-39-10-4-17)12-18(16)27(37)33-7-5-32(6-8-33)15-22-30-23(35)13-24(31-22)38-2/h11-14,17H,3-10,15H2,1-2H3,(H,29,36)(H,30,31,35). The Balaban J connectivity index is 1.26. The van der Waals surface area contributed by atoms with Crippen LogP contribution in [-0.2, 0) is 11.3 Å². The largest absolute Gasteiger partial charge is 0.481 e. The van der Waals surface area contributed by atoms with Crippen molar-refractivity contribution in [2.24, 2.45) is 0 Å². The molecular formula is C27H31N7O5. The topological polar surface area (TPSA) is 138 Å². The number of aryl methyl sites for hydroxylation is 1. The number of H-pyrrole nitrogens is 2. The summed E-state index contributed by atoms with van der Waals surface area (Å²) < 4.78 is 12.6. The molecule has 39 heavy (non-hydrogen) atoms. The zero-order valence-electron chi connectivity index (χ0n) is 22.0. The van der Waals surface area contributed by atoms with Gasteiger partial charge in [-0.15, -0.1) is 0 Å². The van der Waals surface area contributed by atoms with Gasteiger partial charge >= 0.3 is 0 Å². The maximum absolute atomic E-state index is 13.7. The lowest BCUT2D eigenvalue weighted by atomic mass is 10.0. The summed E-state index contributed by atoms with van der Waals surface area (Å²) in [5.41, 5.74) is 2.44. The average molecular weight is 534 g/mol. The number of nitrogens with zero attached hydrogens (tertiary/aromatic N) is 5. The van der Waals surface area contributed by atoms with Gasteiger partial charge in [-0.3, -0.25) is 24.0 Å². The molecule has 0 unspecified atom stereocenters. The highest BCUT2D eigenvalue weighted by Crippen LogP contribution is 2.30. The van der Waals surface area contributed by atoms with Crippen LogP contribution in [0.2, 0.25) is 0 Å². The fraction of sp³-hybridized carbons (Fsp3) is 0.444. The average Bonchev–Trinajstić information content (AvgIpc) is 3.39. The summed E-state index contributed by atoms with van der Waals surface area (Å²) in [4.78, 5) is 52.4. The third-order valence-corrected chi connectivity index (χ3v) is 7.68.